The fraction of sp³-hybridized carbons (Fsp3) is 0.857. The number of hydrogen-bond donors (Lipinski definition) is 1. The molecule has 1 N–H and O–H groups in total. The first kappa shape index (κ1) is 12.1. The van der Waals surface area contributed by atoms with E-state index in [1.807, 2.05) is 0 Å². The maximum absolute atomic E-state index is 3.68. The van der Waals surface area contributed by atoms with E-state index in [1.165, 1.54) is 32.4 Å². The summed E-state index contributed by atoms with van der Waals surface area (Å²) in [5.74, 6) is 0.748. The third kappa shape index (κ3) is 3.33. The first-order valence-electron chi connectivity index (χ1n) is 6.80. The van der Waals surface area contributed by atoms with Crippen LogP contribution in [0.1, 0.15) is 40.0 Å². The zero-order valence-electron chi connectivity index (χ0n) is 11.0. The summed E-state index contributed by atoms with van der Waals surface area (Å²) in [6.07, 6.45) is 6.44. The Labute approximate surface area is 100 Å². The van der Waals surface area contributed by atoms with Crippen molar-refractivity contribution in [2.24, 2.45) is 5.92 Å². The third-order valence-corrected chi connectivity index (χ3v) is 3.90. The molecule has 0 aromatic carbocycles. The SMILES string of the molecule is CC1=CCN(C(CNC2CC2)C(C)C)CC1. The summed E-state index contributed by atoms with van der Waals surface area (Å²) in [5.41, 5.74) is 1.56. The Hall–Kier alpha value is -0.340. The highest BCUT2D eigenvalue weighted by Crippen LogP contribution is 2.21. The van der Waals surface area contributed by atoms with Crippen LogP contribution in [0.25, 0.3) is 0 Å². The number of nitrogens with zero attached hydrogens (tertiary/aromatic N) is 1. The van der Waals surface area contributed by atoms with Crippen molar-refractivity contribution < 1.29 is 0 Å². The fourth-order valence-corrected chi connectivity index (χ4v) is 2.45. The average molecular weight is 222 g/mol. The highest BCUT2D eigenvalue weighted by atomic mass is 15.2. The highest BCUT2D eigenvalue weighted by molar-refractivity contribution is 5.05. The van der Waals surface area contributed by atoms with E-state index in [0.717, 1.165) is 18.5 Å². The third-order valence-electron chi connectivity index (χ3n) is 3.90. The zero-order valence-corrected chi connectivity index (χ0v) is 11.0. The lowest BCUT2D eigenvalue weighted by Gasteiger charge is -2.36. The fourth-order valence-electron chi connectivity index (χ4n) is 2.45. The van der Waals surface area contributed by atoms with Crippen LogP contribution in [-0.2, 0) is 0 Å². The minimum absolute atomic E-state index is 0.713. The normalized spacial score (nSPS) is 24.6. The predicted molar refractivity (Wildman–Crippen MR) is 69.6 cm³/mol. The first-order valence-corrected chi connectivity index (χ1v) is 6.80. The lowest BCUT2D eigenvalue weighted by atomic mass is 9.99. The lowest BCUT2D eigenvalue weighted by molar-refractivity contribution is 0.162. The van der Waals surface area contributed by atoms with Crippen molar-refractivity contribution in [3.63, 3.8) is 0 Å². The van der Waals surface area contributed by atoms with Gasteiger partial charge >= 0.3 is 0 Å². The Balaban J connectivity index is 1.85. The summed E-state index contributed by atoms with van der Waals surface area (Å²) < 4.78 is 0. The highest BCUT2D eigenvalue weighted by Gasteiger charge is 2.26. The summed E-state index contributed by atoms with van der Waals surface area (Å²) in [4.78, 5) is 2.65. The number of rotatable bonds is 5. The van der Waals surface area contributed by atoms with Crippen LogP contribution in [0.3, 0.4) is 0 Å². The van der Waals surface area contributed by atoms with Gasteiger partial charge in [-0.2, -0.15) is 0 Å². The molecule has 1 aliphatic carbocycles. The average Bonchev–Trinajstić information content (AvgIpc) is 3.04. The van der Waals surface area contributed by atoms with E-state index < -0.39 is 0 Å². The van der Waals surface area contributed by atoms with Crippen LogP contribution in [0.15, 0.2) is 11.6 Å². The smallest absolute Gasteiger partial charge is 0.0247 e. The van der Waals surface area contributed by atoms with Crippen molar-refractivity contribution >= 4 is 0 Å². The molecule has 2 heteroatoms. The maximum atomic E-state index is 3.68. The van der Waals surface area contributed by atoms with Crippen LogP contribution < -0.4 is 5.32 Å². The number of nitrogens with one attached hydrogen (secondary N) is 1. The lowest BCUT2D eigenvalue weighted by Crippen LogP contribution is -2.47. The quantitative estimate of drug-likeness (QED) is 0.719. The zero-order chi connectivity index (χ0) is 11.5. The summed E-state index contributed by atoms with van der Waals surface area (Å²) in [5, 5.41) is 3.68. The number of hydrogen-bond acceptors (Lipinski definition) is 2. The topological polar surface area (TPSA) is 15.3 Å². The molecule has 2 aliphatic rings. The molecule has 92 valence electrons. The predicted octanol–water partition coefficient (Wildman–Crippen LogP) is 2.42. The van der Waals surface area contributed by atoms with Gasteiger partial charge in [0.25, 0.3) is 0 Å². The molecule has 0 bridgehead atoms. The largest absolute Gasteiger partial charge is 0.312 e. The molecule has 2 rings (SSSR count). The molecular weight excluding hydrogens is 196 g/mol. The van der Waals surface area contributed by atoms with Gasteiger partial charge in [-0.25, -0.2) is 0 Å². The molecule has 1 saturated carbocycles. The molecular formula is C14H26N2. The maximum Gasteiger partial charge on any atom is 0.0247 e. The van der Waals surface area contributed by atoms with Crippen LogP contribution in [0, 0.1) is 5.92 Å². The molecule has 16 heavy (non-hydrogen) atoms. The second-order valence-electron chi connectivity index (χ2n) is 5.79. The van der Waals surface area contributed by atoms with Crippen molar-refractivity contribution in [2.45, 2.75) is 52.1 Å². The molecule has 0 spiro atoms. The van der Waals surface area contributed by atoms with E-state index >= 15 is 0 Å². The van der Waals surface area contributed by atoms with Gasteiger partial charge < -0.3 is 5.32 Å². The molecule has 1 aliphatic heterocycles. The van der Waals surface area contributed by atoms with Gasteiger partial charge in [-0.1, -0.05) is 25.5 Å². The first-order chi connectivity index (χ1) is 7.66. The summed E-state index contributed by atoms with van der Waals surface area (Å²) in [7, 11) is 0. The monoisotopic (exact) mass is 222 g/mol. The van der Waals surface area contributed by atoms with Gasteiger partial charge in [-0.3, -0.25) is 4.90 Å². The van der Waals surface area contributed by atoms with Crippen molar-refractivity contribution in [3.8, 4) is 0 Å². The molecule has 1 unspecified atom stereocenters. The van der Waals surface area contributed by atoms with E-state index in [0.29, 0.717) is 6.04 Å². The van der Waals surface area contributed by atoms with E-state index in [-0.39, 0.29) is 0 Å². The van der Waals surface area contributed by atoms with Crippen LogP contribution >= 0.6 is 0 Å². The van der Waals surface area contributed by atoms with Crippen molar-refractivity contribution in [2.75, 3.05) is 19.6 Å². The Morgan fingerprint density at radius 1 is 1.44 bits per heavy atom. The van der Waals surface area contributed by atoms with Gasteiger partial charge in [-0.05, 0) is 32.1 Å². The van der Waals surface area contributed by atoms with E-state index in [9.17, 15) is 0 Å². The van der Waals surface area contributed by atoms with Crippen LogP contribution in [0.4, 0.5) is 0 Å². The van der Waals surface area contributed by atoms with Crippen molar-refractivity contribution in [1.29, 1.82) is 0 Å². The molecule has 2 nitrogen and oxygen atoms in total. The van der Waals surface area contributed by atoms with Crippen molar-refractivity contribution in [1.82, 2.24) is 10.2 Å². The Morgan fingerprint density at radius 3 is 2.69 bits per heavy atom. The van der Waals surface area contributed by atoms with E-state index in [2.05, 4.69) is 37.1 Å². The minimum atomic E-state index is 0.713. The molecule has 1 atom stereocenters. The Kier molecular flexibility index (Phi) is 4.04. The van der Waals surface area contributed by atoms with Crippen LogP contribution in [-0.4, -0.2) is 36.6 Å². The molecule has 0 saturated heterocycles. The minimum Gasteiger partial charge on any atom is -0.312 e. The van der Waals surface area contributed by atoms with Crippen molar-refractivity contribution in [3.05, 3.63) is 11.6 Å². The second-order valence-corrected chi connectivity index (χ2v) is 5.79. The molecule has 0 aromatic rings. The Morgan fingerprint density at radius 2 is 2.19 bits per heavy atom. The van der Waals surface area contributed by atoms with Gasteiger partial charge in [-0.15, -0.1) is 0 Å². The molecule has 1 heterocycles. The second kappa shape index (κ2) is 5.33. The summed E-state index contributed by atoms with van der Waals surface area (Å²) in [6.45, 7) is 10.5. The van der Waals surface area contributed by atoms with Gasteiger partial charge in [0.2, 0.25) is 0 Å². The standard InChI is InChI=1S/C14H26N2/c1-11(2)14(10-15-13-4-5-13)16-8-6-12(3)7-9-16/h6,11,13-15H,4-5,7-10H2,1-3H3. The van der Waals surface area contributed by atoms with Gasteiger partial charge in [0.15, 0.2) is 0 Å². The van der Waals surface area contributed by atoms with Crippen LogP contribution in [0.2, 0.25) is 0 Å². The van der Waals surface area contributed by atoms with E-state index in [4.69, 9.17) is 0 Å². The molecule has 0 radical (unpaired) electrons. The molecule has 0 aromatic heterocycles. The summed E-state index contributed by atoms with van der Waals surface area (Å²) >= 11 is 0. The van der Waals surface area contributed by atoms with Crippen LogP contribution in [0.5, 0.6) is 0 Å². The van der Waals surface area contributed by atoms with Gasteiger partial charge in [0.05, 0.1) is 0 Å². The summed E-state index contributed by atoms with van der Waals surface area (Å²) in [6, 6.07) is 1.55. The van der Waals surface area contributed by atoms with Gasteiger partial charge in [0, 0.05) is 31.7 Å². The van der Waals surface area contributed by atoms with Gasteiger partial charge in [0.1, 0.15) is 0 Å². The Bertz CT molecular complexity index is 253. The molecule has 0 amide bonds. The molecule has 1 fully saturated rings. The van der Waals surface area contributed by atoms with E-state index in [1.54, 1.807) is 5.57 Å².